The van der Waals surface area contributed by atoms with Crippen LogP contribution in [0.15, 0.2) is 96.2 Å². The normalized spacial score (nSPS) is 15.4. The zero-order valence-electron chi connectivity index (χ0n) is 18.4. The Morgan fingerprint density at radius 2 is 1.52 bits per heavy atom. The van der Waals surface area contributed by atoms with Crippen molar-refractivity contribution in [2.24, 2.45) is 0 Å². The molecule has 3 aromatic rings. The molecular weight excluding hydrogens is 416 g/mol. The third-order valence-corrected chi connectivity index (χ3v) is 5.42. The van der Waals surface area contributed by atoms with Crippen molar-refractivity contribution in [3.05, 3.63) is 113 Å². The third kappa shape index (κ3) is 5.60. The minimum Gasteiger partial charge on any atom is -0.489 e. The van der Waals surface area contributed by atoms with Crippen LogP contribution in [0.1, 0.15) is 29.7 Å². The molecule has 0 aromatic heterocycles. The van der Waals surface area contributed by atoms with E-state index in [1.54, 1.807) is 6.92 Å². The highest BCUT2D eigenvalue weighted by Gasteiger charge is 2.33. The van der Waals surface area contributed by atoms with E-state index in [0.717, 1.165) is 11.1 Å². The number of urea groups is 1. The van der Waals surface area contributed by atoms with E-state index in [0.29, 0.717) is 35.6 Å². The third-order valence-electron chi connectivity index (χ3n) is 5.42. The Kier molecular flexibility index (Phi) is 7.05. The Morgan fingerprint density at radius 1 is 0.879 bits per heavy atom. The van der Waals surface area contributed by atoms with E-state index < -0.39 is 12.0 Å². The Bertz CT molecular complexity index is 1140. The van der Waals surface area contributed by atoms with Crippen molar-refractivity contribution >= 4 is 12.0 Å². The van der Waals surface area contributed by atoms with E-state index >= 15 is 0 Å². The lowest BCUT2D eigenvalue weighted by Gasteiger charge is -2.29. The van der Waals surface area contributed by atoms with Crippen LogP contribution in [0.25, 0.3) is 0 Å². The molecule has 3 aromatic carbocycles. The van der Waals surface area contributed by atoms with Crippen LogP contribution in [-0.4, -0.2) is 18.6 Å². The number of benzene rings is 3. The molecule has 6 heteroatoms. The van der Waals surface area contributed by atoms with Crippen molar-refractivity contribution in [2.45, 2.75) is 26.0 Å². The molecule has 0 radical (unpaired) electrons. The first kappa shape index (κ1) is 22.1. The van der Waals surface area contributed by atoms with Gasteiger partial charge in [-0.15, -0.1) is 0 Å². The summed E-state index contributed by atoms with van der Waals surface area (Å²) >= 11 is 0. The Hall–Kier alpha value is -4.06. The lowest BCUT2D eigenvalue weighted by atomic mass is 9.95. The van der Waals surface area contributed by atoms with Gasteiger partial charge in [-0.25, -0.2) is 9.59 Å². The van der Waals surface area contributed by atoms with E-state index in [1.807, 2.05) is 84.9 Å². The topological polar surface area (TPSA) is 76.7 Å². The van der Waals surface area contributed by atoms with Crippen LogP contribution in [0.3, 0.4) is 0 Å². The second-order valence-corrected chi connectivity index (χ2v) is 7.75. The number of esters is 1. The highest BCUT2D eigenvalue weighted by molar-refractivity contribution is 5.95. The SMILES string of the molecule is CC1=C(C(=O)OCCc2ccccc2)[C@@H](c2ccccc2OCc2ccccc2)NC(=O)N1. The summed E-state index contributed by atoms with van der Waals surface area (Å²) in [6, 6.07) is 26.0. The Labute approximate surface area is 193 Å². The van der Waals surface area contributed by atoms with E-state index in [1.165, 1.54) is 0 Å². The lowest BCUT2D eigenvalue weighted by Crippen LogP contribution is -2.45. The van der Waals surface area contributed by atoms with Crippen molar-refractivity contribution < 1.29 is 19.1 Å². The molecule has 33 heavy (non-hydrogen) atoms. The highest BCUT2D eigenvalue weighted by Crippen LogP contribution is 2.34. The van der Waals surface area contributed by atoms with E-state index in [4.69, 9.17) is 9.47 Å². The molecule has 0 saturated carbocycles. The number of ether oxygens (including phenoxy) is 2. The maximum absolute atomic E-state index is 13.1. The summed E-state index contributed by atoms with van der Waals surface area (Å²) in [6.07, 6.45) is 0.611. The predicted molar refractivity (Wildman–Crippen MR) is 125 cm³/mol. The molecule has 0 aliphatic carbocycles. The summed E-state index contributed by atoms with van der Waals surface area (Å²) < 4.78 is 11.7. The largest absolute Gasteiger partial charge is 0.489 e. The van der Waals surface area contributed by atoms with Gasteiger partial charge < -0.3 is 20.1 Å². The summed E-state index contributed by atoms with van der Waals surface area (Å²) in [7, 11) is 0. The number of amides is 2. The van der Waals surface area contributed by atoms with Gasteiger partial charge in [-0.3, -0.25) is 0 Å². The monoisotopic (exact) mass is 442 g/mol. The summed E-state index contributed by atoms with van der Waals surface area (Å²) in [4.78, 5) is 25.3. The van der Waals surface area contributed by atoms with Gasteiger partial charge in [0.2, 0.25) is 0 Å². The molecule has 1 heterocycles. The first-order chi connectivity index (χ1) is 16.1. The molecule has 2 amide bonds. The molecule has 6 nitrogen and oxygen atoms in total. The fourth-order valence-electron chi connectivity index (χ4n) is 3.77. The molecule has 0 fully saturated rings. The minimum absolute atomic E-state index is 0.243. The number of carbonyl (C=O) groups is 2. The summed E-state index contributed by atoms with van der Waals surface area (Å²) in [6.45, 7) is 2.32. The number of rotatable bonds is 8. The molecule has 1 aliphatic rings. The van der Waals surface area contributed by atoms with Crippen molar-refractivity contribution in [3.8, 4) is 5.75 Å². The molecular formula is C27H26N2O4. The van der Waals surface area contributed by atoms with Gasteiger partial charge in [-0.2, -0.15) is 0 Å². The zero-order valence-corrected chi connectivity index (χ0v) is 18.4. The number of hydrogen-bond donors (Lipinski definition) is 2. The lowest BCUT2D eigenvalue weighted by molar-refractivity contribution is -0.139. The number of nitrogens with one attached hydrogen (secondary N) is 2. The van der Waals surface area contributed by atoms with Gasteiger partial charge >= 0.3 is 12.0 Å². The van der Waals surface area contributed by atoms with Gasteiger partial charge in [0.25, 0.3) is 0 Å². The number of carbonyl (C=O) groups excluding carboxylic acids is 2. The molecule has 0 saturated heterocycles. The molecule has 2 N–H and O–H groups in total. The maximum Gasteiger partial charge on any atom is 0.338 e. The predicted octanol–water partition coefficient (Wildman–Crippen LogP) is 4.68. The van der Waals surface area contributed by atoms with Crippen LogP contribution in [-0.2, 0) is 22.6 Å². The summed E-state index contributed by atoms with van der Waals surface area (Å²) in [5, 5.41) is 5.54. The first-order valence-electron chi connectivity index (χ1n) is 10.9. The van der Waals surface area contributed by atoms with Crippen LogP contribution < -0.4 is 15.4 Å². The van der Waals surface area contributed by atoms with Crippen LogP contribution in [0.5, 0.6) is 5.75 Å². The van der Waals surface area contributed by atoms with Crippen LogP contribution >= 0.6 is 0 Å². The molecule has 4 rings (SSSR count). The summed E-state index contributed by atoms with van der Waals surface area (Å²) in [5.74, 6) is 0.120. The van der Waals surface area contributed by atoms with Crippen molar-refractivity contribution in [3.63, 3.8) is 0 Å². The highest BCUT2D eigenvalue weighted by atomic mass is 16.5. The molecule has 1 atom stereocenters. The van der Waals surface area contributed by atoms with Gasteiger partial charge in [0.15, 0.2) is 0 Å². The second kappa shape index (κ2) is 10.5. The average Bonchev–Trinajstić information content (AvgIpc) is 2.83. The number of allylic oxidation sites excluding steroid dienone is 1. The van der Waals surface area contributed by atoms with Crippen LogP contribution in [0.4, 0.5) is 4.79 Å². The summed E-state index contributed by atoms with van der Waals surface area (Å²) in [5.41, 5.74) is 3.62. The van der Waals surface area contributed by atoms with Gasteiger partial charge in [0.05, 0.1) is 18.2 Å². The molecule has 0 bridgehead atoms. The quantitative estimate of drug-likeness (QED) is 0.497. The fourth-order valence-corrected chi connectivity index (χ4v) is 3.77. The molecule has 0 unspecified atom stereocenters. The van der Waals surface area contributed by atoms with Crippen molar-refractivity contribution in [1.29, 1.82) is 0 Å². The van der Waals surface area contributed by atoms with Crippen LogP contribution in [0.2, 0.25) is 0 Å². The standard InChI is InChI=1S/C27H26N2O4/c1-19-24(26(30)32-17-16-20-10-4-2-5-11-20)25(29-27(31)28-19)22-14-8-9-15-23(22)33-18-21-12-6-3-7-13-21/h2-15,25H,16-18H2,1H3,(H2,28,29,31)/t25-/m1/s1. The van der Waals surface area contributed by atoms with Gasteiger partial charge in [-0.05, 0) is 24.1 Å². The minimum atomic E-state index is -0.685. The van der Waals surface area contributed by atoms with Crippen molar-refractivity contribution in [1.82, 2.24) is 10.6 Å². The molecule has 1 aliphatic heterocycles. The average molecular weight is 443 g/mol. The van der Waals surface area contributed by atoms with Gasteiger partial charge in [0.1, 0.15) is 12.4 Å². The number of hydrogen-bond acceptors (Lipinski definition) is 4. The van der Waals surface area contributed by atoms with E-state index in [2.05, 4.69) is 10.6 Å². The second-order valence-electron chi connectivity index (χ2n) is 7.75. The van der Waals surface area contributed by atoms with Gasteiger partial charge in [-0.1, -0.05) is 78.9 Å². The smallest absolute Gasteiger partial charge is 0.338 e. The number of para-hydroxylation sites is 1. The maximum atomic E-state index is 13.1. The first-order valence-corrected chi connectivity index (χ1v) is 10.9. The van der Waals surface area contributed by atoms with Crippen LogP contribution in [0, 0.1) is 0 Å². The van der Waals surface area contributed by atoms with E-state index in [-0.39, 0.29) is 12.6 Å². The zero-order chi connectivity index (χ0) is 23.0. The van der Waals surface area contributed by atoms with Crippen molar-refractivity contribution in [2.75, 3.05) is 6.61 Å². The Morgan fingerprint density at radius 3 is 2.24 bits per heavy atom. The van der Waals surface area contributed by atoms with Gasteiger partial charge in [0, 0.05) is 17.7 Å². The van der Waals surface area contributed by atoms with E-state index in [9.17, 15) is 9.59 Å². The molecule has 0 spiro atoms. The Balaban J connectivity index is 1.53. The fraction of sp³-hybridized carbons (Fsp3) is 0.185. The molecule has 168 valence electrons.